The maximum atomic E-state index is 12.3. The lowest BCUT2D eigenvalue weighted by Gasteiger charge is -2.23. The van der Waals surface area contributed by atoms with E-state index in [1.54, 1.807) is 17.0 Å². The monoisotopic (exact) mass is 282 g/mol. The van der Waals surface area contributed by atoms with E-state index in [9.17, 15) is 13.2 Å². The Morgan fingerprint density at radius 1 is 1.16 bits per heavy atom. The maximum Gasteiger partial charge on any atom is 0.244 e. The topological polar surface area (TPSA) is 80.5 Å². The summed E-state index contributed by atoms with van der Waals surface area (Å²) in [6, 6.07) is 8.40. The van der Waals surface area contributed by atoms with Gasteiger partial charge in [-0.1, -0.05) is 30.3 Å². The summed E-state index contributed by atoms with van der Waals surface area (Å²) in [4.78, 5) is 13.8. The highest BCUT2D eigenvalue weighted by Crippen LogP contribution is 2.15. The van der Waals surface area contributed by atoms with Gasteiger partial charge < -0.3 is 10.6 Å². The highest BCUT2D eigenvalue weighted by Gasteiger charge is 2.26. The van der Waals surface area contributed by atoms with E-state index in [4.69, 9.17) is 5.73 Å². The molecule has 1 fully saturated rings. The number of nitrogens with two attached hydrogens (primary N) is 1. The van der Waals surface area contributed by atoms with Gasteiger partial charge in [-0.2, -0.15) is 0 Å². The van der Waals surface area contributed by atoms with Crippen molar-refractivity contribution in [3.05, 3.63) is 35.9 Å². The lowest BCUT2D eigenvalue weighted by atomic mass is 10.1. The summed E-state index contributed by atoms with van der Waals surface area (Å²) in [6.07, 6.45) is 0.482. The summed E-state index contributed by atoms with van der Waals surface area (Å²) in [5, 5.41) is 0. The molecule has 0 aliphatic carbocycles. The fraction of sp³-hybridized carbons (Fsp3) is 0.462. The fourth-order valence-electron chi connectivity index (χ4n) is 2.16. The number of carbonyl (C=O) groups excluding carboxylic acids is 1. The Labute approximate surface area is 113 Å². The number of carbonyl (C=O) groups is 1. The predicted molar refractivity (Wildman–Crippen MR) is 73.2 cm³/mol. The molecule has 19 heavy (non-hydrogen) atoms. The minimum absolute atomic E-state index is 0.0280. The average Bonchev–Trinajstić information content (AvgIpc) is 2.59. The van der Waals surface area contributed by atoms with Gasteiger partial charge in [-0.15, -0.1) is 0 Å². The number of sulfone groups is 1. The Morgan fingerprint density at radius 2 is 1.84 bits per heavy atom. The molecule has 1 saturated heterocycles. The van der Waals surface area contributed by atoms with Crippen LogP contribution in [0.15, 0.2) is 30.3 Å². The number of hydrogen-bond acceptors (Lipinski definition) is 4. The Hall–Kier alpha value is -1.40. The molecule has 0 unspecified atom stereocenters. The molecule has 0 bridgehead atoms. The second-order valence-electron chi connectivity index (χ2n) is 4.72. The third kappa shape index (κ3) is 3.54. The molecule has 1 aliphatic heterocycles. The molecular formula is C13H18N2O3S. The average molecular weight is 282 g/mol. The molecule has 0 radical (unpaired) electrons. The van der Waals surface area contributed by atoms with E-state index in [1.165, 1.54) is 0 Å². The molecule has 1 amide bonds. The molecule has 1 atom stereocenters. The standard InChI is InChI=1S/C13H18N2O3S/c14-12(11-5-2-1-3-6-11)13(16)15-7-4-9-19(17,18)10-8-15/h1-3,5-6,12H,4,7-10,14H2/t12-/m0/s1. The lowest BCUT2D eigenvalue weighted by Crippen LogP contribution is -2.40. The van der Waals surface area contributed by atoms with E-state index < -0.39 is 15.9 Å². The van der Waals surface area contributed by atoms with Gasteiger partial charge in [0.1, 0.15) is 6.04 Å². The van der Waals surface area contributed by atoms with Crippen LogP contribution in [0.2, 0.25) is 0 Å². The van der Waals surface area contributed by atoms with Crippen LogP contribution in [-0.2, 0) is 14.6 Å². The molecule has 104 valence electrons. The first-order valence-corrected chi connectivity index (χ1v) is 8.11. The minimum Gasteiger partial charge on any atom is -0.340 e. The van der Waals surface area contributed by atoms with Gasteiger partial charge in [0.2, 0.25) is 5.91 Å². The van der Waals surface area contributed by atoms with Crippen molar-refractivity contribution in [2.75, 3.05) is 24.6 Å². The molecule has 0 aromatic heterocycles. The first kappa shape index (κ1) is 14.0. The zero-order valence-corrected chi connectivity index (χ0v) is 11.5. The van der Waals surface area contributed by atoms with Crippen molar-refractivity contribution in [1.82, 2.24) is 4.90 Å². The van der Waals surface area contributed by atoms with Crippen LogP contribution in [0.4, 0.5) is 0 Å². The highest BCUT2D eigenvalue weighted by atomic mass is 32.2. The van der Waals surface area contributed by atoms with Crippen LogP contribution in [0.5, 0.6) is 0 Å². The third-order valence-corrected chi connectivity index (χ3v) is 5.01. The van der Waals surface area contributed by atoms with Crippen LogP contribution in [-0.4, -0.2) is 43.8 Å². The largest absolute Gasteiger partial charge is 0.340 e. The van der Waals surface area contributed by atoms with Crippen molar-refractivity contribution < 1.29 is 13.2 Å². The number of benzene rings is 1. The van der Waals surface area contributed by atoms with E-state index in [0.29, 0.717) is 13.0 Å². The highest BCUT2D eigenvalue weighted by molar-refractivity contribution is 7.91. The second-order valence-corrected chi connectivity index (χ2v) is 7.02. The first-order valence-electron chi connectivity index (χ1n) is 6.29. The Bertz CT molecular complexity index is 542. The Morgan fingerprint density at radius 3 is 2.53 bits per heavy atom. The molecule has 2 N–H and O–H groups in total. The van der Waals surface area contributed by atoms with Crippen LogP contribution in [0, 0.1) is 0 Å². The quantitative estimate of drug-likeness (QED) is 0.848. The van der Waals surface area contributed by atoms with Gasteiger partial charge in [-0.3, -0.25) is 4.79 Å². The summed E-state index contributed by atoms with van der Waals surface area (Å²) in [6.45, 7) is 0.695. The van der Waals surface area contributed by atoms with Gasteiger partial charge in [0.25, 0.3) is 0 Å². The van der Waals surface area contributed by atoms with Crippen molar-refractivity contribution in [2.24, 2.45) is 5.73 Å². The zero-order chi connectivity index (χ0) is 13.9. The van der Waals surface area contributed by atoms with Gasteiger partial charge >= 0.3 is 0 Å². The summed E-state index contributed by atoms with van der Waals surface area (Å²) >= 11 is 0. The van der Waals surface area contributed by atoms with Crippen LogP contribution in [0.3, 0.4) is 0 Å². The number of nitrogens with zero attached hydrogens (tertiary/aromatic N) is 1. The van der Waals surface area contributed by atoms with E-state index in [-0.39, 0.29) is 24.0 Å². The fourth-order valence-corrected chi connectivity index (χ4v) is 3.43. The van der Waals surface area contributed by atoms with Gasteiger partial charge in [0.15, 0.2) is 9.84 Å². The molecule has 5 nitrogen and oxygen atoms in total. The summed E-state index contributed by atoms with van der Waals surface area (Å²) < 4.78 is 23.0. The van der Waals surface area contributed by atoms with Gasteiger partial charge in [0.05, 0.1) is 11.5 Å². The molecule has 1 aromatic carbocycles. The van der Waals surface area contributed by atoms with Crippen LogP contribution < -0.4 is 5.73 Å². The molecule has 1 aliphatic rings. The smallest absolute Gasteiger partial charge is 0.244 e. The van der Waals surface area contributed by atoms with Crippen LogP contribution >= 0.6 is 0 Å². The lowest BCUT2D eigenvalue weighted by molar-refractivity contribution is -0.132. The van der Waals surface area contributed by atoms with Gasteiger partial charge in [-0.05, 0) is 12.0 Å². The SMILES string of the molecule is N[C@H](C(=O)N1CCCS(=O)(=O)CC1)c1ccccc1. The van der Waals surface area contributed by atoms with Crippen molar-refractivity contribution in [1.29, 1.82) is 0 Å². The van der Waals surface area contributed by atoms with Crippen LogP contribution in [0.1, 0.15) is 18.0 Å². The van der Waals surface area contributed by atoms with E-state index in [1.807, 2.05) is 18.2 Å². The minimum atomic E-state index is -3.01. The van der Waals surface area contributed by atoms with Crippen molar-refractivity contribution in [2.45, 2.75) is 12.5 Å². The van der Waals surface area contributed by atoms with Crippen molar-refractivity contribution in [3.8, 4) is 0 Å². The molecular weight excluding hydrogens is 264 g/mol. The van der Waals surface area contributed by atoms with Crippen LogP contribution in [0.25, 0.3) is 0 Å². The van der Waals surface area contributed by atoms with E-state index in [2.05, 4.69) is 0 Å². The first-order chi connectivity index (χ1) is 8.99. The summed E-state index contributed by atoms with van der Waals surface area (Å²) in [5.41, 5.74) is 6.70. The zero-order valence-electron chi connectivity index (χ0n) is 10.7. The third-order valence-electron chi connectivity index (χ3n) is 3.29. The summed E-state index contributed by atoms with van der Waals surface area (Å²) in [5.74, 6) is -0.0271. The normalized spacial score (nSPS) is 20.6. The molecule has 2 rings (SSSR count). The van der Waals surface area contributed by atoms with Crippen molar-refractivity contribution >= 4 is 15.7 Å². The van der Waals surface area contributed by atoms with E-state index >= 15 is 0 Å². The molecule has 1 aromatic rings. The second kappa shape index (κ2) is 5.71. The molecule has 0 saturated carbocycles. The Balaban J connectivity index is 2.07. The number of hydrogen-bond donors (Lipinski definition) is 1. The maximum absolute atomic E-state index is 12.3. The molecule has 1 heterocycles. The van der Waals surface area contributed by atoms with Gasteiger partial charge in [0, 0.05) is 13.1 Å². The Kier molecular flexibility index (Phi) is 4.21. The molecule has 6 heteroatoms. The van der Waals surface area contributed by atoms with E-state index in [0.717, 1.165) is 5.56 Å². The summed E-state index contributed by atoms with van der Waals surface area (Å²) in [7, 11) is -3.01. The number of amides is 1. The molecule has 0 spiro atoms. The number of rotatable bonds is 2. The van der Waals surface area contributed by atoms with Gasteiger partial charge in [-0.25, -0.2) is 8.42 Å². The van der Waals surface area contributed by atoms with Crippen molar-refractivity contribution in [3.63, 3.8) is 0 Å². The predicted octanol–water partition coefficient (Wildman–Crippen LogP) is 0.334.